The molecule has 0 bridgehead atoms. The number of amidine groups is 2. The fraction of sp³-hybridized carbons (Fsp3) is 0.320. The zero-order chi connectivity index (χ0) is 24.9. The monoisotopic (exact) mass is 495 g/mol. The molecule has 2 heterocycles. The van der Waals surface area contributed by atoms with Gasteiger partial charge in [-0.25, -0.2) is 14.3 Å². The van der Waals surface area contributed by atoms with Gasteiger partial charge in [0.2, 0.25) is 11.8 Å². The van der Waals surface area contributed by atoms with Gasteiger partial charge in [0.15, 0.2) is 5.17 Å². The number of benzene rings is 2. The zero-order valence-corrected chi connectivity index (χ0v) is 20.3. The molecule has 0 saturated carbocycles. The van der Waals surface area contributed by atoms with E-state index >= 15 is 0 Å². The molecular formula is C25H26FN5O3S. The van der Waals surface area contributed by atoms with E-state index < -0.39 is 6.04 Å². The quantitative estimate of drug-likeness (QED) is 0.587. The lowest BCUT2D eigenvalue weighted by Crippen LogP contribution is -2.42. The molecule has 0 aliphatic carbocycles. The number of carbonyl (C=O) groups is 3. The highest BCUT2D eigenvalue weighted by Gasteiger charge is 2.42. The Hall–Kier alpha value is -3.53. The van der Waals surface area contributed by atoms with Crippen LogP contribution in [0.4, 0.5) is 10.1 Å². The number of hydrogen-bond acceptors (Lipinski definition) is 6. The summed E-state index contributed by atoms with van der Waals surface area (Å²) in [6.07, 6.45) is 0.686. The van der Waals surface area contributed by atoms with Gasteiger partial charge in [-0.05, 0) is 43.2 Å². The lowest BCUT2D eigenvalue weighted by atomic mass is 10.1. The zero-order valence-electron chi connectivity index (χ0n) is 19.5. The molecular weight excluding hydrogens is 469 g/mol. The van der Waals surface area contributed by atoms with Gasteiger partial charge < -0.3 is 10.6 Å². The molecule has 0 aromatic heterocycles. The number of thioether (sulfide) groups is 1. The number of para-hydroxylation sites is 1. The van der Waals surface area contributed by atoms with Crippen molar-refractivity contribution in [3.05, 3.63) is 65.5 Å². The molecule has 10 heteroatoms. The van der Waals surface area contributed by atoms with Crippen molar-refractivity contribution in [1.29, 1.82) is 0 Å². The first-order valence-electron chi connectivity index (χ1n) is 11.4. The van der Waals surface area contributed by atoms with Crippen molar-refractivity contribution in [3.8, 4) is 0 Å². The van der Waals surface area contributed by atoms with Crippen LogP contribution < -0.4 is 10.6 Å². The highest BCUT2D eigenvalue weighted by Crippen LogP contribution is 2.34. The van der Waals surface area contributed by atoms with Crippen LogP contribution in [0.25, 0.3) is 0 Å². The Morgan fingerprint density at radius 2 is 1.89 bits per heavy atom. The minimum atomic E-state index is -0.899. The summed E-state index contributed by atoms with van der Waals surface area (Å²) in [6.45, 7) is 4.14. The molecule has 8 nitrogen and oxygen atoms in total. The number of hydrogen-bond donors (Lipinski definition) is 2. The van der Waals surface area contributed by atoms with Crippen LogP contribution in [0, 0.1) is 5.82 Å². The highest BCUT2D eigenvalue weighted by atomic mass is 32.2. The fourth-order valence-corrected chi connectivity index (χ4v) is 4.44. The van der Waals surface area contributed by atoms with E-state index in [-0.39, 0.29) is 48.3 Å². The Labute approximate surface area is 207 Å². The van der Waals surface area contributed by atoms with Crippen LogP contribution in [0.5, 0.6) is 0 Å². The van der Waals surface area contributed by atoms with Gasteiger partial charge in [0.05, 0.1) is 17.9 Å². The van der Waals surface area contributed by atoms with Crippen molar-refractivity contribution in [2.45, 2.75) is 45.3 Å². The molecule has 0 saturated heterocycles. The normalized spacial score (nSPS) is 17.2. The Morgan fingerprint density at radius 1 is 1.14 bits per heavy atom. The molecule has 0 fully saturated rings. The minimum absolute atomic E-state index is 0.0560. The third-order valence-electron chi connectivity index (χ3n) is 5.68. The molecule has 2 aromatic carbocycles. The second-order valence-electron chi connectivity index (χ2n) is 8.33. The summed E-state index contributed by atoms with van der Waals surface area (Å²) < 4.78 is 13.1. The molecule has 4 rings (SSSR count). The van der Waals surface area contributed by atoms with Gasteiger partial charge in [-0.15, -0.1) is 0 Å². The minimum Gasteiger partial charge on any atom is -0.353 e. The number of carbonyl (C=O) groups excluding carboxylic acids is 3. The van der Waals surface area contributed by atoms with Gasteiger partial charge >= 0.3 is 0 Å². The topological polar surface area (TPSA) is 103 Å². The van der Waals surface area contributed by atoms with Gasteiger partial charge in [0, 0.05) is 18.2 Å². The predicted molar refractivity (Wildman–Crippen MR) is 134 cm³/mol. The number of fused-ring (bicyclic) bond motifs is 3. The van der Waals surface area contributed by atoms with Crippen LogP contribution in [-0.2, 0) is 20.9 Å². The SMILES string of the molecule is CC[C@H](C)NC(=O)CSC1=Nc2ccccc2C2=N[C@@H](CC(=O)NCc3ccc(F)cc3)C(=O)N12. The number of amides is 3. The Morgan fingerprint density at radius 3 is 2.63 bits per heavy atom. The maximum atomic E-state index is 13.3. The van der Waals surface area contributed by atoms with E-state index in [1.165, 1.54) is 17.0 Å². The van der Waals surface area contributed by atoms with Crippen LogP contribution in [0.1, 0.15) is 37.8 Å². The van der Waals surface area contributed by atoms with Crippen molar-refractivity contribution < 1.29 is 18.8 Å². The molecule has 0 spiro atoms. The van der Waals surface area contributed by atoms with Gasteiger partial charge in [0.25, 0.3) is 5.91 Å². The molecule has 0 radical (unpaired) electrons. The molecule has 182 valence electrons. The first-order valence-corrected chi connectivity index (χ1v) is 12.4. The van der Waals surface area contributed by atoms with Crippen LogP contribution in [0.2, 0.25) is 0 Å². The van der Waals surface area contributed by atoms with Crippen LogP contribution in [0.15, 0.2) is 58.5 Å². The highest BCUT2D eigenvalue weighted by molar-refractivity contribution is 8.14. The predicted octanol–water partition coefficient (Wildman–Crippen LogP) is 3.14. The van der Waals surface area contributed by atoms with E-state index in [1.807, 2.05) is 38.1 Å². The van der Waals surface area contributed by atoms with E-state index in [0.29, 0.717) is 22.3 Å². The average Bonchev–Trinajstić information content (AvgIpc) is 3.18. The van der Waals surface area contributed by atoms with Crippen molar-refractivity contribution in [1.82, 2.24) is 15.5 Å². The van der Waals surface area contributed by atoms with Crippen molar-refractivity contribution in [3.63, 3.8) is 0 Å². The molecule has 2 N–H and O–H groups in total. The number of nitrogens with zero attached hydrogens (tertiary/aromatic N) is 3. The Kier molecular flexibility index (Phi) is 7.60. The molecule has 2 aliphatic rings. The molecule has 0 unspecified atom stereocenters. The summed E-state index contributed by atoms with van der Waals surface area (Å²) in [7, 11) is 0. The van der Waals surface area contributed by atoms with Crippen molar-refractivity contribution in [2.75, 3.05) is 5.75 Å². The summed E-state index contributed by atoms with van der Waals surface area (Å²) in [5.74, 6) is -0.665. The third-order valence-corrected chi connectivity index (χ3v) is 6.62. The Balaban J connectivity index is 1.46. The van der Waals surface area contributed by atoms with Crippen molar-refractivity contribution in [2.24, 2.45) is 9.98 Å². The molecule has 3 amide bonds. The maximum Gasteiger partial charge on any atom is 0.259 e. The van der Waals surface area contributed by atoms with E-state index in [4.69, 9.17) is 0 Å². The van der Waals surface area contributed by atoms with Gasteiger partial charge in [-0.3, -0.25) is 19.4 Å². The lowest BCUT2D eigenvalue weighted by molar-refractivity contribution is -0.128. The smallest absolute Gasteiger partial charge is 0.259 e. The molecule has 2 aliphatic heterocycles. The summed E-state index contributed by atoms with van der Waals surface area (Å²) in [5, 5.41) is 6.02. The summed E-state index contributed by atoms with van der Waals surface area (Å²) in [5.41, 5.74) is 2.10. The summed E-state index contributed by atoms with van der Waals surface area (Å²) in [4.78, 5) is 48.7. The fourth-order valence-electron chi connectivity index (χ4n) is 3.63. The lowest BCUT2D eigenvalue weighted by Gasteiger charge is -2.25. The van der Waals surface area contributed by atoms with Gasteiger partial charge in [-0.2, -0.15) is 0 Å². The average molecular weight is 496 g/mol. The second-order valence-corrected chi connectivity index (χ2v) is 9.27. The van der Waals surface area contributed by atoms with E-state index in [0.717, 1.165) is 23.7 Å². The number of aliphatic imine (C=N–C) groups is 2. The van der Waals surface area contributed by atoms with Crippen LogP contribution >= 0.6 is 11.8 Å². The van der Waals surface area contributed by atoms with E-state index in [9.17, 15) is 18.8 Å². The van der Waals surface area contributed by atoms with E-state index in [1.54, 1.807) is 12.1 Å². The largest absolute Gasteiger partial charge is 0.353 e. The first kappa shape index (κ1) is 24.6. The first-order chi connectivity index (χ1) is 16.9. The Bertz CT molecular complexity index is 1200. The molecule has 35 heavy (non-hydrogen) atoms. The van der Waals surface area contributed by atoms with Crippen LogP contribution in [0.3, 0.4) is 0 Å². The van der Waals surface area contributed by atoms with E-state index in [2.05, 4.69) is 20.6 Å². The van der Waals surface area contributed by atoms with Gasteiger partial charge in [0.1, 0.15) is 17.7 Å². The number of nitrogens with one attached hydrogen (secondary N) is 2. The number of rotatable bonds is 8. The third kappa shape index (κ3) is 5.76. The van der Waals surface area contributed by atoms with Gasteiger partial charge in [-0.1, -0.05) is 43.0 Å². The molecule has 2 aromatic rings. The van der Waals surface area contributed by atoms with Crippen LogP contribution in [-0.4, -0.2) is 51.5 Å². The summed E-state index contributed by atoms with van der Waals surface area (Å²) in [6, 6.07) is 12.3. The molecule has 2 atom stereocenters. The number of halogens is 1. The van der Waals surface area contributed by atoms with Crippen molar-refractivity contribution >= 4 is 46.2 Å². The second kappa shape index (κ2) is 10.8. The summed E-state index contributed by atoms with van der Waals surface area (Å²) >= 11 is 1.16. The maximum absolute atomic E-state index is 13.3. The standard InChI is InChI=1S/C25H26FN5O3S/c1-3-15(2)28-22(33)14-35-25-30-19-7-5-4-6-18(19)23-29-20(24(34)31(23)25)12-21(32)27-13-16-8-10-17(26)11-9-16/h4-11,15,20H,3,12-14H2,1-2H3,(H,27,32)(H,28,33)/t15-,20-/m0/s1.